The molecule has 82 valence electrons. The monoisotopic (exact) mass is 217 g/mol. The van der Waals surface area contributed by atoms with E-state index in [1.54, 1.807) is 0 Å². The number of hydrogen-bond donors (Lipinski definition) is 0. The van der Waals surface area contributed by atoms with Crippen molar-refractivity contribution in [3.05, 3.63) is 0 Å². The van der Waals surface area contributed by atoms with Gasteiger partial charge in [-0.15, -0.1) is 11.6 Å². The maximum atomic E-state index is 5.82. The van der Waals surface area contributed by atoms with Crippen LogP contribution in [0.5, 0.6) is 0 Å². The maximum absolute atomic E-state index is 5.82. The van der Waals surface area contributed by atoms with Crippen LogP contribution in [0, 0.1) is 0 Å². The molecular weight excluding hydrogens is 198 g/mol. The third kappa shape index (κ3) is 2.41. The summed E-state index contributed by atoms with van der Waals surface area (Å²) >= 11 is 5.74. The van der Waals surface area contributed by atoms with Crippen molar-refractivity contribution in [3.63, 3.8) is 0 Å². The van der Waals surface area contributed by atoms with Gasteiger partial charge in [0.15, 0.2) is 0 Å². The summed E-state index contributed by atoms with van der Waals surface area (Å²) in [5.41, 5.74) is 0. The van der Waals surface area contributed by atoms with E-state index >= 15 is 0 Å². The van der Waals surface area contributed by atoms with E-state index < -0.39 is 0 Å². The number of ether oxygens (including phenoxy) is 1. The number of hydrogen-bond acceptors (Lipinski definition) is 2. The van der Waals surface area contributed by atoms with Crippen LogP contribution in [0.2, 0.25) is 0 Å². The van der Waals surface area contributed by atoms with Crippen LogP contribution in [0.3, 0.4) is 0 Å². The highest BCUT2D eigenvalue weighted by Crippen LogP contribution is 2.27. The summed E-state index contributed by atoms with van der Waals surface area (Å²) in [5.74, 6) is 0.786. The Bertz CT molecular complexity index is 175. The molecule has 0 radical (unpaired) electrons. The molecule has 2 saturated heterocycles. The summed E-state index contributed by atoms with van der Waals surface area (Å²) in [6.07, 6.45) is 6.76. The average Bonchev–Trinajstić information content (AvgIpc) is 2.26. The fraction of sp³-hybridized carbons (Fsp3) is 1.00. The van der Waals surface area contributed by atoms with E-state index in [1.807, 2.05) is 0 Å². The van der Waals surface area contributed by atoms with Crippen molar-refractivity contribution in [3.8, 4) is 0 Å². The van der Waals surface area contributed by atoms with Crippen LogP contribution in [0.4, 0.5) is 0 Å². The van der Waals surface area contributed by atoms with E-state index in [9.17, 15) is 0 Å². The SMILES string of the molecule is ClCCCN1CCC[C@H]2OCCC[C@@H]21. The minimum atomic E-state index is 0.521. The Kier molecular flexibility index (Phi) is 4.09. The lowest BCUT2D eigenvalue weighted by atomic mass is 9.93. The molecule has 2 heterocycles. The van der Waals surface area contributed by atoms with Gasteiger partial charge in [-0.05, 0) is 45.2 Å². The lowest BCUT2D eigenvalue weighted by molar-refractivity contribution is -0.0749. The molecule has 0 saturated carbocycles. The van der Waals surface area contributed by atoms with Gasteiger partial charge in [0, 0.05) is 18.5 Å². The van der Waals surface area contributed by atoms with Crippen LogP contribution in [-0.2, 0) is 4.74 Å². The van der Waals surface area contributed by atoms with Crippen LogP contribution >= 0.6 is 11.6 Å². The molecule has 2 fully saturated rings. The first kappa shape index (κ1) is 10.7. The molecule has 0 aromatic heterocycles. The first-order valence-corrected chi connectivity index (χ1v) is 6.37. The fourth-order valence-electron chi connectivity index (χ4n) is 2.72. The Morgan fingerprint density at radius 1 is 1.29 bits per heavy atom. The van der Waals surface area contributed by atoms with Gasteiger partial charge in [-0.3, -0.25) is 4.90 Å². The van der Waals surface area contributed by atoms with Gasteiger partial charge in [-0.2, -0.15) is 0 Å². The van der Waals surface area contributed by atoms with Crippen molar-refractivity contribution < 1.29 is 4.74 Å². The van der Waals surface area contributed by atoms with Crippen LogP contribution in [0.1, 0.15) is 32.1 Å². The summed E-state index contributed by atoms with van der Waals surface area (Å²) in [7, 11) is 0. The molecule has 0 N–H and O–H groups in total. The van der Waals surface area contributed by atoms with Crippen LogP contribution in [0.15, 0.2) is 0 Å². The molecule has 2 aliphatic heterocycles. The molecule has 0 aliphatic carbocycles. The van der Waals surface area contributed by atoms with Gasteiger partial charge in [0.1, 0.15) is 0 Å². The van der Waals surface area contributed by atoms with Crippen molar-refractivity contribution in [2.45, 2.75) is 44.2 Å². The number of likely N-dealkylation sites (tertiary alicyclic amines) is 1. The molecule has 3 heteroatoms. The van der Waals surface area contributed by atoms with Gasteiger partial charge in [-0.25, -0.2) is 0 Å². The van der Waals surface area contributed by atoms with Crippen LogP contribution in [0.25, 0.3) is 0 Å². The Morgan fingerprint density at radius 2 is 2.21 bits per heavy atom. The number of piperidine rings is 1. The summed E-state index contributed by atoms with van der Waals surface area (Å²) in [6, 6.07) is 0.695. The minimum absolute atomic E-state index is 0.521. The second-order valence-electron chi connectivity index (χ2n) is 4.34. The Morgan fingerprint density at radius 3 is 3.07 bits per heavy atom. The second kappa shape index (κ2) is 5.34. The first-order chi connectivity index (χ1) is 6.92. The molecule has 2 nitrogen and oxygen atoms in total. The third-order valence-corrected chi connectivity index (χ3v) is 3.65. The highest BCUT2D eigenvalue weighted by molar-refractivity contribution is 6.17. The fourth-order valence-corrected chi connectivity index (χ4v) is 2.84. The van der Waals surface area contributed by atoms with E-state index in [0.717, 1.165) is 25.5 Å². The zero-order chi connectivity index (χ0) is 9.80. The third-order valence-electron chi connectivity index (χ3n) is 3.39. The van der Waals surface area contributed by atoms with Gasteiger partial charge in [0.25, 0.3) is 0 Å². The lowest BCUT2D eigenvalue weighted by Crippen LogP contribution is -2.51. The van der Waals surface area contributed by atoms with Crippen molar-refractivity contribution in [1.29, 1.82) is 0 Å². The highest BCUT2D eigenvalue weighted by Gasteiger charge is 2.33. The van der Waals surface area contributed by atoms with Gasteiger partial charge in [0.05, 0.1) is 6.10 Å². The Balaban J connectivity index is 1.88. The van der Waals surface area contributed by atoms with E-state index in [4.69, 9.17) is 16.3 Å². The molecule has 14 heavy (non-hydrogen) atoms. The minimum Gasteiger partial charge on any atom is -0.377 e. The summed E-state index contributed by atoms with van der Waals surface area (Å²) < 4.78 is 5.82. The molecule has 0 bridgehead atoms. The number of alkyl halides is 1. The van der Waals surface area contributed by atoms with E-state index in [-0.39, 0.29) is 0 Å². The van der Waals surface area contributed by atoms with Gasteiger partial charge < -0.3 is 4.74 Å². The first-order valence-electron chi connectivity index (χ1n) is 5.83. The molecule has 2 aliphatic rings. The largest absolute Gasteiger partial charge is 0.377 e. The van der Waals surface area contributed by atoms with Crippen molar-refractivity contribution in [1.82, 2.24) is 4.90 Å². The average molecular weight is 218 g/mol. The van der Waals surface area contributed by atoms with Crippen LogP contribution < -0.4 is 0 Å². The Labute approximate surface area is 91.6 Å². The molecule has 0 spiro atoms. The standard InChI is InChI=1S/C11H20ClNO/c12-6-3-8-13-7-1-5-11-10(13)4-2-9-14-11/h10-11H,1-9H2/t10-,11+/m0/s1. The lowest BCUT2D eigenvalue weighted by Gasteiger charge is -2.43. The molecule has 2 atom stereocenters. The van der Waals surface area contributed by atoms with E-state index in [1.165, 1.54) is 32.2 Å². The molecule has 0 aromatic rings. The molecule has 0 aromatic carbocycles. The quantitative estimate of drug-likeness (QED) is 0.673. The summed E-state index contributed by atoms with van der Waals surface area (Å²) in [6.45, 7) is 3.39. The number of rotatable bonds is 3. The van der Waals surface area contributed by atoms with Gasteiger partial charge in [-0.1, -0.05) is 0 Å². The van der Waals surface area contributed by atoms with Crippen molar-refractivity contribution in [2.75, 3.05) is 25.6 Å². The molecule has 0 amide bonds. The van der Waals surface area contributed by atoms with Gasteiger partial charge >= 0.3 is 0 Å². The highest BCUT2D eigenvalue weighted by atomic mass is 35.5. The Hall–Kier alpha value is 0.210. The zero-order valence-corrected chi connectivity index (χ0v) is 9.51. The van der Waals surface area contributed by atoms with Gasteiger partial charge in [0.2, 0.25) is 0 Å². The maximum Gasteiger partial charge on any atom is 0.0730 e. The van der Waals surface area contributed by atoms with Crippen molar-refractivity contribution in [2.24, 2.45) is 0 Å². The smallest absolute Gasteiger partial charge is 0.0730 e. The number of nitrogens with zero attached hydrogens (tertiary/aromatic N) is 1. The number of halogens is 1. The molecular formula is C11H20ClNO. The van der Waals surface area contributed by atoms with E-state index in [2.05, 4.69) is 4.90 Å². The van der Waals surface area contributed by atoms with E-state index in [0.29, 0.717) is 12.1 Å². The predicted molar refractivity (Wildman–Crippen MR) is 58.9 cm³/mol. The number of fused-ring (bicyclic) bond motifs is 1. The zero-order valence-electron chi connectivity index (χ0n) is 8.75. The molecule has 2 rings (SSSR count). The molecule has 0 unspecified atom stereocenters. The van der Waals surface area contributed by atoms with Crippen molar-refractivity contribution >= 4 is 11.6 Å². The topological polar surface area (TPSA) is 12.5 Å². The summed E-state index contributed by atoms with van der Waals surface area (Å²) in [5, 5.41) is 0. The summed E-state index contributed by atoms with van der Waals surface area (Å²) in [4.78, 5) is 2.59. The second-order valence-corrected chi connectivity index (χ2v) is 4.72. The van der Waals surface area contributed by atoms with Crippen LogP contribution in [-0.4, -0.2) is 42.6 Å². The normalized spacial score (nSPS) is 34.1. The predicted octanol–water partition coefficient (Wildman–Crippen LogP) is 2.26.